The van der Waals surface area contributed by atoms with Crippen LogP contribution in [0.1, 0.15) is 24.5 Å². The molecule has 0 spiro atoms. The number of sulfonamides is 1. The second-order valence-corrected chi connectivity index (χ2v) is 8.85. The molecule has 0 bridgehead atoms. The fourth-order valence-electron chi connectivity index (χ4n) is 3.22. The maximum atomic E-state index is 13.3. The van der Waals surface area contributed by atoms with Crippen molar-refractivity contribution in [1.82, 2.24) is 5.32 Å². The zero-order valence-electron chi connectivity index (χ0n) is 16.3. The first-order valence-corrected chi connectivity index (χ1v) is 11.1. The van der Waals surface area contributed by atoms with Gasteiger partial charge in [0.05, 0.1) is 5.69 Å². The monoisotopic (exact) mass is 434 g/mol. The Kier molecular flexibility index (Phi) is 6.62. The highest BCUT2D eigenvalue weighted by atomic mass is 35.5. The Hall–Kier alpha value is -2.35. The molecule has 0 saturated heterocycles. The number of carbonyl (C=O) groups excluding carboxylic acids is 1. The molecule has 1 aliphatic rings. The molecular formula is C21H23ClN2O4S. The summed E-state index contributed by atoms with van der Waals surface area (Å²) in [6.45, 7) is 3.29. The first kappa shape index (κ1) is 21.4. The predicted octanol–water partition coefficient (Wildman–Crippen LogP) is 3.42. The van der Waals surface area contributed by atoms with Gasteiger partial charge < -0.3 is 10.1 Å². The fourth-order valence-corrected chi connectivity index (χ4v) is 4.88. The van der Waals surface area contributed by atoms with Crippen LogP contribution in [0.15, 0.2) is 53.4 Å². The topological polar surface area (TPSA) is 75.7 Å². The fraction of sp³-hybridized carbons (Fsp3) is 0.286. The normalized spacial score (nSPS) is 15.2. The molecule has 0 aliphatic carbocycles. The van der Waals surface area contributed by atoms with Gasteiger partial charge in [0.25, 0.3) is 15.9 Å². The summed E-state index contributed by atoms with van der Waals surface area (Å²) >= 11 is 6.20. The van der Waals surface area contributed by atoms with E-state index < -0.39 is 15.9 Å². The van der Waals surface area contributed by atoms with Gasteiger partial charge in [0.15, 0.2) is 4.91 Å². The summed E-state index contributed by atoms with van der Waals surface area (Å²) in [5.41, 5.74) is 2.05. The molecule has 8 heteroatoms. The van der Waals surface area contributed by atoms with Crippen LogP contribution in [0.5, 0.6) is 0 Å². The third-order valence-corrected chi connectivity index (χ3v) is 6.69. The Morgan fingerprint density at radius 3 is 2.59 bits per heavy atom. The summed E-state index contributed by atoms with van der Waals surface area (Å²) in [6, 6.07) is 14.0. The van der Waals surface area contributed by atoms with Crippen molar-refractivity contribution in [3.05, 3.63) is 69.6 Å². The lowest BCUT2D eigenvalue weighted by Gasteiger charge is -2.31. The number of rotatable bonds is 7. The highest BCUT2D eigenvalue weighted by molar-refractivity contribution is 7.97. The molecule has 2 aromatic carbocycles. The largest absolute Gasteiger partial charge is 0.382 e. The van der Waals surface area contributed by atoms with Crippen molar-refractivity contribution in [2.24, 2.45) is 0 Å². The molecule has 154 valence electrons. The van der Waals surface area contributed by atoms with E-state index in [1.54, 1.807) is 42.5 Å². The summed E-state index contributed by atoms with van der Waals surface area (Å²) in [7, 11) is -2.61. The summed E-state index contributed by atoms with van der Waals surface area (Å²) in [5.74, 6) is -0.641. The zero-order valence-corrected chi connectivity index (χ0v) is 17.9. The molecule has 3 rings (SSSR count). The molecule has 6 nitrogen and oxygen atoms in total. The number of hydrogen-bond donors (Lipinski definition) is 1. The SMILES string of the molecule is CCOCCCNC(=O)C1=C(c2ccccc2)c2cc(Cl)ccc2N(C)S1(=O)=O. The number of amides is 1. The second kappa shape index (κ2) is 8.98. The van der Waals surface area contributed by atoms with E-state index in [4.69, 9.17) is 16.3 Å². The molecule has 29 heavy (non-hydrogen) atoms. The van der Waals surface area contributed by atoms with Crippen molar-refractivity contribution < 1.29 is 17.9 Å². The predicted molar refractivity (Wildman–Crippen MR) is 115 cm³/mol. The number of benzene rings is 2. The van der Waals surface area contributed by atoms with Crippen LogP contribution in [0.3, 0.4) is 0 Å². The second-order valence-electron chi connectivity index (χ2n) is 6.51. The van der Waals surface area contributed by atoms with Gasteiger partial charge in [-0.2, -0.15) is 0 Å². The standard InChI is InChI=1S/C21H23ClN2O4S/c1-3-28-13-7-12-23-21(25)20-19(15-8-5-4-6-9-15)17-14-16(22)10-11-18(17)24(2)29(20,26)27/h4-6,8-11,14H,3,7,12-13H2,1-2H3,(H,23,25). The summed E-state index contributed by atoms with van der Waals surface area (Å²) in [6.07, 6.45) is 0.589. The summed E-state index contributed by atoms with van der Waals surface area (Å²) < 4.78 is 32.9. The molecule has 0 saturated carbocycles. The van der Waals surface area contributed by atoms with Crippen molar-refractivity contribution in [3.8, 4) is 0 Å². The average molecular weight is 435 g/mol. The Morgan fingerprint density at radius 1 is 1.17 bits per heavy atom. The lowest BCUT2D eigenvalue weighted by Crippen LogP contribution is -2.39. The van der Waals surface area contributed by atoms with E-state index in [2.05, 4.69) is 5.32 Å². The Balaban J connectivity index is 2.13. The van der Waals surface area contributed by atoms with Gasteiger partial charge in [-0.05, 0) is 37.1 Å². The van der Waals surface area contributed by atoms with Gasteiger partial charge >= 0.3 is 0 Å². The number of nitrogens with zero attached hydrogens (tertiary/aromatic N) is 1. The van der Waals surface area contributed by atoms with Gasteiger partial charge in [0.2, 0.25) is 0 Å². The van der Waals surface area contributed by atoms with Gasteiger partial charge in [-0.25, -0.2) is 8.42 Å². The minimum absolute atomic E-state index is 0.280. The highest BCUT2D eigenvalue weighted by Crippen LogP contribution is 2.43. The molecule has 0 fully saturated rings. The Bertz CT molecular complexity index is 1040. The smallest absolute Gasteiger partial charge is 0.270 e. The Morgan fingerprint density at radius 2 is 1.90 bits per heavy atom. The van der Waals surface area contributed by atoms with Crippen LogP contribution < -0.4 is 9.62 Å². The van der Waals surface area contributed by atoms with Gasteiger partial charge in [-0.1, -0.05) is 41.9 Å². The van der Waals surface area contributed by atoms with Crippen LogP contribution in [-0.4, -0.2) is 41.1 Å². The summed E-state index contributed by atoms with van der Waals surface area (Å²) in [4.78, 5) is 12.7. The lowest BCUT2D eigenvalue weighted by molar-refractivity contribution is -0.116. The number of nitrogens with one attached hydrogen (secondary N) is 1. The highest BCUT2D eigenvalue weighted by Gasteiger charge is 2.39. The molecule has 1 heterocycles. The molecule has 1 amide bonds. The van der Waals surface area contributed by atoms with Crippen molar-refractivity contribution in [1.29, 1.82) is 0 Å². The number of anilines is 1. The maximum absolute atomic E-state index is 13.3. The van der Waals surface area contributed by atoms with Crippen LogP contribution in [0.2, 0.25) is 5.02 Å². The first-order valence-electron chi connectivity index (χ1n) is 9.32. The van der Waals surface area contributed by atoms with Gasteiger partial charge in [0, 0.05) is 43.0 Å². The summed E-state index contributed by atoms with van der Waals surface area (Å²) in [5, 5.41) is 3.18. The molecule has 0 radical (unpaired) electrons. The van der Waals surface area contributed by atoms with E-state index in [9.17, 15) is 13.2 Å². The van der Waals surface area contributed by atoms with Crippen LogP contribution in [0, 0.1) is 0 Å². The van der Waals surface area contributed by atoms with Crippen LogP contribution in [-0.2, 0) is 19.6 Å². The molecule has 1 aliphatic heterocycles. The Labute approximate surface area is 176 Å². The number of halogens is 1. The van der Waals surface area contributed by atoms with Crippen molar-refractivity contribution >= 4 is 38.8 Å². The van der Waals surface area contributed by atoms with Crippen molar-refractivity contribution in [2.45, 2.75) is 13.3 Å². The number of ether oxygens (including phenoxy) is 1. The minimum atomic E-state index is -4.05. The van der Waals surface area contributed by atoms with Gasteiger partial charge in [-0.3, -0.25) is 9.10 Å². The minimum Gasteiger partial charge on any atom is -0.382 e. The van der Waals surface area contributed by atoms with Crippen molar-refractivity contribution in [3.63, 3.8) is 0 Å². The quantitative estimate of drug-likeness (QED) is 0.677. The number of carbonyl (C=O) groups is 1. The third-order valence-electron chi connectivity index (χ3n) is 4.64. The van der Waals surface area contributed by atoms with Gasteiger partial charge in [0.1, 0.15) is 0 Å². The third kappa shape index (κ3) is 4.32. The molecule has 0 aromatic heterocycles. The maximum Gasteiger partial charge on any atom is 0.270 e. The van der Waals surface area contributed by atoms with E-state index in [0.29, 0.717) is 53.6 Å². The van der Waals surface area contributed by atoms with Gasteiger partial charge in [-0.15, -0.1) is 0 Å². The zero-order chi connectivity index (χ0) is 21.0. The van der Waals surface area contributed by atoms with Crippen LogP contribution >= 0.6 is 11.6 Å². The van der Waals surface area contributed by atoms with Crippen LogP contribution in [0.4, 0.5) is 5.69 Å². The average Bonchev–Trinajstić information content (AvgIpc) is 2.70. The molecule has 1 N–H and O–H groups in total. The molecular weight excluding hydrogens is 412 g/mol. The van der Waals surface area contributed by atoms with E-state index in [1.807, 2.05) is 13.0 Å². The number of fused-ring (bicyclic) bond motifs is 1. The van der Waals surface area contributed by atoms with Crippen LogP contribution in [0.25, 0.3) is 5.57 Å². The van der Waals surface area contributed by atoms with E-state index in [0.717, 1.165) is 4.31 Å². The van der Waals surface area contributed by atoms with E-state index in [-0.39, 0.29) is 4.91 Å². The molecule has 0 atom stereocenters. The number of hydrogen-bond acceptors (Lipinski definition) is 4. The molecule has 0 unspecified atom stereocenters. The lowest BCUT2D eigenvalue weighted by atomic mass is 9.95. The first-order chi connectivity index (χ1) is 13.9. The van der Waals surface area contributed by atoms with Crippen molar-refractivity contribution in [2.75, 3.05) is 31.1 Å². The van der Waals surface area contributed by atoms with E-state index >= 15 is 0 Å². The van der Waals surface area contributed by atoms with E-state index in [1.165, 1.54) is 7.05 Å². The molecule has 2 aromatic rings.